The second kappa shape index (κ2) is 5.57. The average Bonchev–Trinajstić information content (AvgIpc) is 3.25. The molecule has 1 aromatic heterocycles. The summed E-state index contributed by atoms with van der Waals surface area (Å²) in [6.45, 7) is 3.18. The molecule has 102 valence electrons. The number of hydrogen-bond acceptors (Lipinski definition) is 4. The molecule has 1 saturated carbocycles. The molecular formula is C14H20N4O. The highest BCUT2D eigenvalue weighted by Gasteiger charge is 2.20. The molecule has 1 aliphatic heterocycles. The highest BCUT2D eigenvalue weighted by atomic mass is 16.1. The van der Waals surface area contributed by atoms with Gasteiger partial charge in [0.15, 0.2) is 0 Å². The van der Waals surface area contributed by atoms with E-state index in [1.54, 1.807) is 0 Å². The van der Waals surface area contributed by atoms with Gasteiger partial charge in [0.1, 0.15) is 5.82 Å². The molecule has 0 atom stereocenters. The van der Waals surface area contributed by atoms with Crippen LogP contribution in [0.4, 0.5) is 5.82 Å². The van der Waals surface area contributed by atoms with E-state index >= 15 is 0 Å². The minimum atomic E-state index is 0.132. The van der Waals surface area contributed by atoms with Crippen LogP contribution in [0.5, 0.6) is 0 Å². The van der Waals surface area contributed by atoms with E-state index in [0.29, 0.717) is 13.0 Å². The number of pyridine rings is 1. The van der Waals surface area contributed by atoms with Gasteiger partial charge in [-0.05, 0) is 24.5 Å². The molecule has 19 heavy (non-hydrogen) atoms. The third-order valence-electron chi connectivity index (χ3n) is 3.62. The fourth-order valence-electron chi connectivity index (χ4n) is 2.25. The molecule has 5 heteroatoms. The third-order valence-corrected chi connectivity index (χ3v) is 3.62. The van der Waals surface area contributed by atoms with Crippen molar-refractivity contribution in [2.75, 3.05) is 24.5 Å². The van der Waals surface area contributed by atoms with Crippen LogP contribution in [-0.2, 0) is 11.3 Å². The molecule has 1 amide bonds. The topological polar surface area (TPSA) is 57.3 Å². The Bertz CT molecular complexity index is 441. The van der Waals surface area contributed by atoms with Crippen molar-refractivity contribution in [2.45, 2.75) is 31.8 Å². The Morgan fingerprint density at radius 1 is 1.37 bits per heavy atom. The first-order valence-corrected chi connectivity index (χ1v) is 7.01. The van der Waals surface area contributed by atoms with Crippen LogP contribution < -0.4 is 15.5 Å². The molecule has 0 radical (unpaired) electrons. The monoisotopic (exact) mass is 260 g/mol. The lowest BCUT2D eigenvalue weighted by molar-refractivity contribution is -0.120. The maximum atomic E-state index is 11.3. The summed E-state index contributed by atoms with van der Waals surface area (Å²) in [6.07, 6.45) is 5.10. The fraction of sp³-hybridized carbons (Fsp3) is 0.571. The van der Waals surface area contributed by atoms with Crippen LogP contribution in [-0.4, -0.2) is 36.6 Å². The Balaban J connectivity index is 1.58. The van der Waals surface area contributed by atoms with E-state index in [4.69, 9.17) is 0 Å². The minimum Gasteiger partial charge on any atom is -0.354 e. The average molecular weight is 260 g/mol. The second-order valence-electron chi connectivity index (χ2n) is 5.27. The Labute approximate surface area is 113 Å². The highest BCUT2D eigenvalue weighted by molar-refractivity contribution is 5.77. The first-order valence-electron chi connectivity index (χ1n) is 7.01. The van der Waals surface area contributed by atoms with E-state index in [-0.39, 0.29) is 5.91 Å². The molecule has 2 N–H and O–H groups in total. The second-order valence-corrected chi connectivity index (χ2v) is 5.27. The molecule has 0 spiro atoms. The van der Waals surface area contributed by atoms with E-state index in [1.165, 1.54) is 18.4 Å². The van der Waals surface area contributed by atoms with Crippen LogP contribution in [0.2, 0.25) is 0 Å². The van der Waals surface area contributed by atoms with Crippen LogP contribution in [0.3, 0.4) is 0 Å². The molecule has 2 aliphatic rings. The highest BCUT2D eigenvalue weighted by Crippen LogP contribution is 2.19. The number of carbonyl (C=O) groups is 1. The first-order chi connectivity index (χ1) is 9.31. The van der Waals surface area contributed by atoms with E-state index in [0.717, 1.165) is 31.5 Å². The van der Waals surface area contributed by atoms with Crippen molar-refractivity contribution in [2.24, 2.45) is 0 Å². The molecule has 2 fully saturated rings. The van der Waals surface area contributed by atoms with E-state index in [1.807, 2.05) is 6.20 Å². The molecule has 0 unspecified atom stereocenters. The predicted octanol–water partition coefficient (Wildman–Crippen LogP) is 0.660. The smallest absolute Gasteiger partial charge is 0.221 e. The van der Waals surface area contributed by atoms with Gasteiger partial charge in [0.25, 0.3) is 0 Å². The zero-order valence-corrected chi connectivity index (χ0v) is 11.1. The van der Waals surface area contributed by atoms with Gasteiger partial charge < -0.3 is 15.5 Å². The number of aromatic nitrogens is 1. The van der Waals surface area contributed by atoms with Gasteiger partial charge in [-0.1, -0.05) is 6.07 Å². The summed E-state index contributed by atoms with van der Waals surface area (Å²) in [4.78, 5) is 18.0. The quantitative estimate of drug-likeness (QED) is 0.835. The van der Waals surface area contributed by atoms with Gasteiger partial charge >= 0.3 is 0 Å². The lowest BCUT2D eigenvalue weighted by Gasteiger charge is -2.20. The lowest BCUT2D eigenvalue weighted by Crippen LogP contribution is -2.29. The van der Waals surface area contributed by atoms with Gasteiger partial charge in [0.05, 0.1) is 0 Å². The Hall–Kier alpha value is -1.62. The summed E-state index contributed by atoms with van der Waals surface area (Å²) in [7, 11) is 0. The SMILES string of the molecule is O=C1CCN(c2ccc(CNC3CC3)cn2)CCN1. The van der Waals surface area contributed by atoms with E-state index in [9.17, 15) is 4.79 Å². The molecule has 2 heterocycles. The number of amides is 1. The minimum absolute atomic E-state index is 0.132. The fourth-order valence-corrected chi connectivity index (χ4v) is 2.25. The molecule has 3 rings (SSSR count). The summed E-state index contributed by atoms with van der Waals surface area (Å²) >= 11 is 0. The van der Waals surface area contributed by atoms with Crippen LogP contribution >= 0.6 is 0 Å². The molecule has 1 saturated heterocycles. The van der Waals surface area contributed by atoms with Crippen LogP contribution in [0.1, 0.15) is 24.8 Å². The van der Waals surface area contributed by atoms with Crippen molar-refractivity contribution in [3.8, 4) is 0 Å². The van der Waals surface area contributed by atoms with E-state index < -0.39 is 0 Å². The van der Waals surface area contributed by atoms with Gasteiger partial charge in [0.2, 0.25) is 5.91 Å². The Morgan fingerprint density at radius 2 is 2.26 bits per heavy atom. The molecule has 0 aromatic carbocycles. The largest absolute Gasteiger partial charge is 0.354 e. The molecule has 1 aromatic rings. The van der Waals surface area contributed by atoms with Crippen LogP contribution in [0.15, 0.2) is 18.3 Å². The molecule has 1 aliphatic carbocycles. The summed E-state index contributed by atoms with van der Waals surface area (Å²) < 4.78 is 0. The number of nitrogens with one attached hydrogen (secondary N) is 2. The normalized spacial score (nSPS) is 20.0. The molecule has 0 bridgehead atoms. The Morgan fingerprint density at radius 3 is 3.00 bits per heavy atom. The van der Waals surface area contributed by atoms with Crippen molar-refractivity contribution in [1.29, 1.82) is 0 Å². The van der Waals surface area contributed by atoms with Gasteiger partial charge in [-0.15, -0.1) is 0 Å². The third kappa shape index (κ3) is 3.44. The van der Waals surface area contributed by atoms with Crippen molar-refractivity contribution in [3.05, 3.63) is 23.9 Å². The summed E-state index contributed by atoms with van der Waals surface area (Å²) in [5.41, 5.74) is 1.22. The van der Waals surface area contributed by atoms with Crippen molar-refractivity contribution >= 4 is 11.7 Å². The number of anilines is 1. The number of hydrogen-bond donors (Lipinski definition) is 2. The van der Waals surface area contributed by atoms with Gasteiger partial charge in [-0.3, -0.25) is 4.79 Å². The van der Waals surface area contributed by atoms with Gasteiger partial charge in [-0.2, -0.15) is 0 Å². The lowest BCUT2D eigenvalue weighted by atomic mass is 10.2. The zero-order chi connectivity index (χ0) is 13.1. The molecule has 5 nitrogen and oxygen atoms in total. The summed E-state index contributed by atoms with van der Waals surface area (Å²) in [5, 5.41) is 6.36. The van der Waals surface area contributed by atoms with Crippen molar-refractivity contribution in [3.63, 3.8) is 0 Å². The zero-order valence-electron chi connectivity index (χ0n) is 11.1. The number of carbonyl (C=O) groups excluding carboxylic acids is 1. The maximum absolute atomic E-state index is 11.3. The standard InChI is InChI=1S/C14H20N4O/c19-14-5-7-18(8-6-15-14)13-4-1-11(10-17-13)9-16-12-2-3-12/h1,4,10,12,16H,2-3,5-9H2,(H,15,19). The van der Waals surface area contributed by atoms with Crippen molar-refractivity contribution in [1.82, 2.24) is 15.6 Å². The number of nitrogens with zero attached hydrogens (tertiary/aromatic N) is 2. The van der Waals surface area contributed by atoms with E-state index in [2.05, 4.69) is 32.7 Å². The predicted molar refractivity (Wildman–Crippen MR) is 73.9 cm³/mol. The molecular weight excluding hydrogens is 240 g/mol. The van der Waals surface area contributed by atoms with Crippen molar-refractivity contribution < 1.29 is 4.79 Å². The van der Waals surface area contributed by atoms with Crippen LogP contribution in [0, 0.1) is 0 Å². The van der Waals surface area contributed by atoms with Gasteiger partial charge in [0, 0.05) is 44.8 Å². The van der Waals surface area contributed by atoms with Gasteiger partial charge in [-0.25, -0.2) is 4.98 Å². The summed E-state index contributed by atoms with van der Waals surface area (Å²) in [6, 6.07) is 4.90. The Kier molecular flexibility index (Phi) is 3.64. The van der Waals surface area contributed by atoms with Crippen LogP contribution in [0.25, 0.3) is 0 Å². The maximum Gasteiger partial charge on any atom is 0.221 e. The summed E-state index contributed by atoms with van der Waals surface area (Å²) in [5.74, 6) is 1.10. The number of rotatable bonds is 4. The first kappa shape index (κ1) is 12.4.